The van der Waals surface area contributed by atoms with Gasteiger partial charge in [0.2, 0.25) is 5.95 Å². The van der Waals surface area contributed by atoms with Gasteiger partial charge in [-0.15, -0.1) is 0 Å². The van der Waals surface area contributed by atoms with Crippen molar-refractivity contribution in [3.8, 4) is 22.4 Å². The molecule has 22 heavy (non-hydrogen) atoms. The first-order valence-electron chi connectivity index (χ1n) is 7.01. The number of nitrogens with zero attached hydrogens (tertiary/aromatic N) is 2. The highest BCUT2D eigenvalue weighted by molar-refractivity contribution is 6.29. The molecule has 0 radical (unpaired) electrons. The lowest BCUT2D eigenvalue weighted by Gasteiger charge is -2.10. The highest BCUT2D eigenvalue weighted by atomic mass is 35.5. The predicted octanol–water partition coefficient (Wildman–Crippen LogP) is 4.66. The van der Waals surface area contributed by atoms with Gasteiger partial charge in [0.05, 0.1) is 5.69 Å². The Morgan fingerprint density at radius 3 is 2.23 bits per heavy atom. The molecule has 4 heteroatoms. The molecule has 1 aromatic heterocycles. The second-order valence-corrected chi connectivity index (χ2v) is 5.72. The molecular weight excluding hydrogens is 294 g/mol. The van der Waals surface area contributed by atoms with Crippen molar-refractivity contribution in [2.24, 2.45) is 0 Å². The summed E-state index contributed by atoms with van der Waals surface area (Å²) in [6, 6.07) is 16.5. The van der Waals surface area contributed by atoms with Crippen LogP contribution in [0.4, 0.5) is 5.95 Å². The highest BCUT2D eigenvalue weighted by Crippen LogP contribution is 2.29. The number of nitrogen functional groups attached to an aromatic ring is 1. The number of benzene rings is 2. The summed E-state index contributed by atoms with van der Waals surface area (Å²) in [5, 5.41) is 0.350. The molecule has 110 valence electrons. The molecule has 0 amide bonds. The summed E-state index contributed by atoms with van der Waals surface area (Å²) in [4.78, 5) is 8.21. The van der Waals surface area contributed by atoms with Crippen molar-refractivity contribution in [2.75, 3.05) is 5.73 Å². The summed E-state index contributed by atoms with van der Waals surface area (Å²) in [6.07, 6.45) is 0. The van der Waals surface area contributed by atoms with Crippen LogP contribution in [0, 0.1) is 13.8 Å². The first kappa shape index (κ1) is 14.5. The van der Waals surface area contributed by atoms with Gasteiger partial charge in [-0.3, -0.25) is 0 Å². The Labute approximate surface area is 134 Å². The minimum atomic E-state index is 0.183. The maximum atomic E-state index is 6.00. The molecule has 0 saturated heterocycles. The van der Waals surface area contributed by atoms with Crippen LogP contribution >= 0.6 is 11.6 Å². The normalized spacial score (nSPS) is 10.7. The van der Waals surface area contributed by atoms with Crippen LogP contribution in [0.1, 0.15) is 11.1 Å². The third-order valence-corrected chi connectivity index (χ3v) is 3.80. The molecule has 2 aromatic carbocycles. The van der Waals surface area contributed by atoms with Gasteiger partial charge >= 0.3 is 0 Å². The molecule has 0 unspecified atom stereocenters. The van der Waals surface area contributed by atoms with Crippen LogP contribution in [0.25, 0.3) is 22.4 Å². The van der Waals surface area contributed by atoms with E-state index in [9.17, 15) is 0 Å². The van der Waals surface area contributed by atoms with Gasteiger partial charge in [0, 0.05) is 11.6 Å². The second-order valence-electron chi connectivity index (χ2n) is 5.33. The lowest BCUT2D eigenvalue weighted by atomic mass is 9.97. The van der Waals surface area contributed by atoms with Crippen LogP contribution in [0.5, 0.6) is 0 Å². The van der Waals surface area contributed by atoms with Crippen molar-refractivity contribution in [1.82, 2.24) is 9.97 Å². The SMILES string of the molecule is Cc1ccc(-c2ccc(C)c(-c3cc(Cl)nc(N)n3)c2)cc1. The maximum absolute atomic E-state index is 6.00. The number of halogens is 1. The van der Waals surface area contributed by atoms with Crippen molar-refractivity contribution in [3.63, 3.8) is 0 Å². The Morgan fingerprint density at radius 2 is 1.55 bits per heavy atom. The average molecular weight is 310 g/mol. The van der Waals surface area contributed by atoms with E-state index < -0.39 is 0 Å². The second kappa shape index (κ2) is 5.78. The zero-order chi connectivity index (χ0) is 15.7. The van der Waals surface area contributed by atoms with E-state index >= 15 is 0 Å². The van der Waals surface area contributed by atoms with Crippen molar-refractivity contribution >= 4 is 17.5 Å². The van der Waals surface area contributed by atoms with Crippen molar-refractivity contribution in [2.45, 2.75) is 13.8 Å². The van der Waals surface area contributed by atoms with E-state index in [-0.39, 0.29) is 5.95 Å². The molecule has 0 bridgehead atoms. The molecule has 0 fully saturated rings. The fraction of sp³-hybridized carbons (Fsp3) is 0.111. The molecule has 0 aliphatic rings. The number of nitrogens with two attached hydrogens (primary N) is 1. The lowest BCUT2D eigenvalue weighted by Crippen LogP contribution is -1.97. The maximum Gasteiger partial charge on any atom is 0.221 e. The molecule has 0 atom stereocenters. The quantitative estimate of drug-likeness (QED) is 0.700. The van der Waals surface area contributed by atoms with Crippen LogP contribution in [0.2, 0.25) is 5.15 Å². The van der Waals surface area contributed by atoms with Crippen LogP contribution in [-0.4, -0.2) is 9.97 Å². The van der Waals surface area contributed by atoms with E-state index in [2.05, 4.69) is 59.4 Å². The molecule has 0 aliphatic carbocycles. The van der Waals surface area contributed by atoms with Crippen LogP contribution < -0.4 is 5.73 Å². The highest BCUT2D eigenvalue weighted by Gasteiger charge is 2.09. The van der Waals surface area contributed by atoms with E-state index in [0.717, 1.165) is 22.4 Å². The molecule has 3 aromatic rings. The van der Waals surface area contributed by atoms with Gasteiger partial charge in [-0.25, -0.2) is 9.97 Å². The molecule has 0 spiro atoms. The average Bonchev–Trinajstić information content (AvgIpc) is 2.47. The van der Waals surface area contributed by atoms with Crippen molar-refractivity contribution in [1.29, 1.82) is 0 Å². The summed E-state index contributed by atoms with van der Waals surface area (Å²) in [6.45, 7) is 4.12. The number of hydrogen-bond donors (Lipinski definition) is 1. The molecule has 0 saturated carbocycles. The van der Waals surface area contributed by atoms with Gasteiger partial charge in [-0.1, -0.05) is 53.6 Å². The van der Waals surface area contributed by atoms with E-state index in [1.54, 1.807) is 6.07 Å². The largest absolute Gasteiger partial charge is 0.368 e. The summed E-state index contributed by atoms with van der Waals surface area (Å²) in [5.74, 6) is 0.183. The number of aromatic nitrogens is 2. The minimum Gasteiger partial charge on any atom is -0.368 e. The molecular formula is C18H16ClN3. The smallest absolute Gasteiger partial charge is 0.221 e. The summed E-state index contributed by atoms with van der Waals surface area (Å²) in [7, 11) is 0. The predicted molar refractivity (Wildman–Crippen MR) is 91.8 cm³/mol. The summed E-state index contributed by atoms with van der Waals surface area (Å²) >= 11 is 6.00. The lowest BCUT2D eigenvalue weighted by molar-refractivity contribution is 1.18. The summed E-state index contributed by atoms with van der Waals surface area (Å²) in [5.41, 5.74) is 12.1. The fourth-order valence-corrected chi connectivity index (χ4v) is 2.59. The van der Waals surface area contributed by atoms with Gasteiger partial charge in [-0.2, -0.15) is 0 Å². The van der Waals surface area contributed by atoms with Crippen molar-refractivity contribution < 1.29 is 0 Å². The number of hydrogen-bond acceptors (Lipinski definition) is 3. The van der Waals surface area contributed by atoms with E-state index in [0.29, 0.717) is 5.15 Å². The first-order valence-corrected chi connectivity index (χ1v) is 7.39. The topological polar surface area (TPSA) is 51.8 Å². The van der Waals surface area contributed by atoms with Crippen molar-refractivity contribution in [3.05, 3.63) is 64.8 Å². The molecule has 2 N–H and O–H groups in total. The summed E-state index contributed by atoms with van der Waals surface area (Å²) < 4.78 is 0. The number of aryl methyl sites for hydroxylation is 2. The van der Waals surface area contributed by atoms with Crippen LogP contribution in [0.3, 0.4) is 0 Å². The molecule has 0 aliphatic heterocycles. The standard InChI is InChI=1S/C18H16ClN3/c1-11-3-6-13(7-4-11)14-8-5-12(2)15(9-14)16-10-17(19)22-18(20)21-16/h3-10H,1-2H3,(H2,20,21,22). The van der Waals surface area contributed by atoms with Crippen LogP contribution in [0.15, 0.2) is 48.5 Å². The van der Waals surface area contributed by atoms with Gasteiger partial charge in [-0.05, 0) is 36.6 Å². The zero-order valence-electron chi connectivity index (χ0n) is 12.5. The van der Waals surface area contributed by atoms with Gasteiger partial charge < -0.3 is 5.73 Å². The van der Waals surface area contributed by atoms with E-state index in [4.69, 9.17) is 17.3 Å². The van der Waals surface area contributed by atoms with Gasteiger partial charge in [0.15, 0.2) is 0 Å². The monoisotopic (exact) mass is 309 g/mol. The van der Waals surface area contributed by atoms with Gasteiger partial charge in [0.1, 0.15) is 5.15 Å². The third-order valence-electron chi connectivity index (χ3n) is 3.61. The Bertz CT molecular complexity index is 806. The Morgan fingerprint density at radius 1 is 0.864 bits per heavy atom. The number of rotatable bonds is 2. The molecule has 1 heterocycles. The Balaban J connectivity index is 2.12. The third kappa shape index (κ3) is 2.95. The first-order chi connectivity index (χ1) is 10.5. The molecule has 3 nitrogen and oxygen atoms in total. The Kier molecular flexibility index (Phi) is 3.82. The van der Waals surface area contributed by atoms with Gasteiger partial charge in [0.25, 0.3) is 0 Å². The van der Waals surface area contributed by atoms with E-state index in [1.807, 2.05) is 6.92 Å². The molecule has 3 rings (SSSR count). The van der Waals surface area contributed by atoms with E-state index in [1.165, 1.54) is 11.1 Å². The fourth-order valence-electron chi connectivity index (χ4n) is 2.40. The number of anilines is 1. The Hall–Kier alpha value is -2.39. The zero-order valence-corrected chi connectivity index (χ0v) is 13.2. The minimum absolute atomic E-state index is 0.183. The van der Waals surface area contributed by atoms with Crippen LogP contribution in [-0.2, 0) is 0 Å².